The summed E-state index contributed by atoms with van der Waals surface area (Å²) in [6.45, 7) is 0.312. The molecule has 0 radical (unpaired) electrons. The minimum absolute atomic E-state index is 0.0400. The van der Waals surface area contributed by atoms with Crippen molar-refractivity contribution < 1.29 is 20.4 Å². The van der Waals surface area contributed by atoms with Crippen LogP contribution < -0.4 is 0 Å². The second kappa shape index (κ2) is 9.34. The Morgan fingerprint density at radius 3 is 0.846 bits per heavy atom. The topological polar surface area (TPSA) is 80.9 Å². The summed E-state index contributed by atoms with van der Waals surface area (Å²) in [5.74, 6) is 0. The molecule has 0 fully saturated rings. The molecule has 4 atom stereocenters. The van der Waals surface area contributed by atoms with E-state index in [1.807, 2.05) is 0 Å². The molecule has 0 amide bonds. The maximum absolute atomic E-state index is 9.57. The molecule has 4 nitrogen and oxygen atoms in total. The Balaban J connectivity index is 1.47. The minimum Gasteiger partial charge on any atom is -0.395 e. The van der Waals surface area contributed by atoms with E-state index in [0.717, 1.165) is 0 Å². The van der Waals surface area contributed by atoms with Gasteiger partial charge in [-0.15, -0.1) is 47.0 Å². The predicted molar refractivity (Wildman–Crippen MR) is 125 cm³/mol. The molecule has 0 unspecified atom stereocenters. The van der Waals surface area contributed by atoms with Gasteiger partial charge in [-0.25, -0.2) is 0 Å². The average molecular weight is 505 g/mol. The lowest BCUT2D eigenvalue weighted by Crippen LogP contribution is -2.29. The van der Waals surface area contributed by atoms with Gasteiger partial charge < -0.3 is 20.4 Å². The van der Waals surface area contributed by atoms with E-state index in [0.29, 0.717) is 0 Å². The highest BCUT2D eigenvalue weighted by atomic mass is 32.3. The van der Waals surface area contributed by atoms with Gasteiger partial charge in [0.2, 0.25) is 0 Å². The van der Waals surface area contributed by atoms with Crippen molar-refractivity contribution in [3.05, 3.63) is 25.4 Å². The van der Waals surface area contributed by atoms with Crippen LogP contribution in [0.2, 0.25) is 0 Å². The molecule has 0 saturated heterocycles. The van der Waals surface area contributed by atoms with Crippen molar-refractivity contribution in [2.45, 2.75) is 21.0 Å². The van der Waals surface area contributed by atoms with E-state index in [9.17, 15) is 20.4 Å². The van der Waals surface area contributed by atoms with E-state index >= 15 is 0 Å². The maximum Gasteiger partial charge on any atom is 0.0717 e. The van der Waals surface area contributed by atoms with Gasteiger partial charge in [-0.3, -0.25) is 0 Å². The van der Waals surface area contributed by atoms with Gasteiger partial charge in [0.15, 0.2) is 0 Å². The first kappa shape index (κ1) is 21.1. The van der Waals surface area contributed by atoms with Crippen LogP contribution in [0.3, 0.4) is 0 Å². The zero-order valence-electron chi connectivity index (χ0n) is 13.2. The van der Waals surface area contributed by atoms with E-state index in [-0.39, 0.29) is 47.4 Å². The fourth-order valence-corrected chi connectivity index (χ4v) is 15.6. The highest BCUT2D eigenvalue weighted by molar-refractivity contribution is 8.45. The summed E-state index contributed by atoms with van der Waals surface area (Å²) in [4.78, 5) is 0. The average Bonchev–Trinajstić information content (AvgIpc) is 3.28. The zero-order chi connectivity index (χ0) is 18.3. The van der Waals surface area contributed by atoms with Crippen molar-refractivity contribution in [3.63, 3.8) is 0 Å². The molecule has 144 valence electrons. The summed E-state index contributed by atoms with van der Waals surface area (Å²) in [7, 11) is 0. The van der Waals surface area contributed by atoms with Crippen LogP contribution in [0.5, 0.6) is 0 Å². The number of hydrogen-bond donors (Lipinski definition) is 4. The Hall–Kier alpha value is 1.86. The van der Waals surface area contributed by atoms with Crippen LogP contribution in [0.1, 0.15) is 0 Å². The molecule has 0 spiro atoms. The monoisotopic (exact) mass is 504 g/mol. The highest BCUT2D eigenvalue weighted by Gasteiger charge is 2.40. The Morgan fingerprint density at radius 2 is 0.654 bits per heavy atom. The van der Waals surface area contributed by atoms with Gasteiger partial charge in [0.05, 0.1) is 51.9 Å². The van der Waals surface area contributed by atoms with Gasteiger partial charge in [-0.05, 0) is 0 Å². The SMILES string of the molecule is OC[C@@H]1SC2=C(SC(=C3SC4=C(S3)S[C@H](CO)[C@H](CO)S4)S2)S[C@H]1CO. The van der Waals surface area contributed by atoms with Gasteiger partial charge in [0.25, 0.3) is 0 Å². The third-order valence-corrected chi connectivity index (χ3v) is 16.8. The van der Waals surface area contributed by atoms with E-state index < -0.39 is 0 Å². The van der Waals surface area contributed by atoms with Crippen molar-refractivity contribution in [2.24, 2.45) is 0 Å². The molecular weight excluding hydrogens is 489 g/mol. The van der Waals surface area contributed by atoms with Crippen molar-refractivity contribution in [3.8, 4) is 0 Å². The maximum atomic E-state index is 9.57. The summed E-state index contributed by atoms with van der Waals surface area (Å²) < 4.78 is 7.46. The molecule has 4 N–H and O–H groups in total. The largest absolute Gasteiger partial charge is 0.395 e. The van der Waals surface area contributed by atoms with Crippen LogP contribution in [-0.4, -0.2) is 67.9 Å². The minimum atomic E-state index is 0.0400. The summed E-state index contributed by atoms with van der Waals surface area (Å²) in [5.41, 5.74) is 0. The summed E-state index contributed by atoms with van der Waals surface area (Å²) >= 11 is 13.8. The third kappa shape index (κ3) is 4.18. The quantitative estimate of drug-likeness (QED) is 0.450. The predicted octanol–water partition coefficient (Wildman–Crippen LogP) is 3.73. The second-order valence-corrected chi connectivity index (χ2v) is 16.1. The van der Waals surface area contributed by atoms with Crippen LogP contribution in [0.4, 0.5) is 0 Å². The molecule has 0 aliphatic carbocycles. The van der Waals surface area contributed by atoms with Crippen LogP contribution in [-0.2, 0) is 0 Å². The van der Waals surface area contributed by atoms with Crippen LogP contribution in [0.25, 0.3) is 0 Å². The Bertz CT molecular complexity index is 570. The molecule has 0 aromatic rings. The van der Waals surface area contributed by atoms with E-state index in [1.165, 1.54) is 25.4 Å². The van der Waals surface area contributed by atoms with Gasteiger partial charge in [-0.1, -0.05) is 47.0 Å². The lowest BCUT2D eigenvalue weighted by molar-refractivity contribution is 0.253. The van der Waals surface area contributed by atoms with Crippen LogP contribution in [0.15, 0.2) is 25.4 Å². The van der Waals surface area contributed by atoms with Crippen molar-refractivity contribution >= 4 is 94.1 Å². The summed E-state index contributed by atoms with van der Waals surface area (Å²) in [6.07, 6.45) is 0. The number of hydrogen-bond acceptors (Lipinski definition) is 12. The molecule has 4 rings (SSSR count). The standard InChI is InChI=1S/C14H16O4S8/c15-1-5-6(2-16)20-10-9(19-5)23-13(24-10)14-25-11-12(26-14)22-8(4-18)7(3-17)21-11/h5-8,15-18H,1-4H2/t5-,6-,7-,8+/m0/s1. The van der Waals surface area contributed by atoms with Crippen molar-refractivity contribution in [2.75, 3.05) is 26.4 Å². The van der Waals surface area contributed by atoms with Crippen LogP contribution in [0, 0.1) is 0 Å². The molecule has 0 aromatic heterocycles. The number of aliphatic hydroxyl groups is 4. The fraction of sp³-hybridized carbons (Fsp3) is 0.571. The molecular formula is C14H16O4S8. The van der Waals surface area contributed by atoms with Gasteiger partial charge in [0.1, 0.15) is 0 Å². The molecule has 26 heavy (non-hydrogen) atoms. The second-order valence-electron chi connectivity index (χ2n) is 5.49. The smallest absolute Gasteiger partial charge is 0.0717 e. The van der Waals surface area contributed by atoms with E-state index in [1.54, 1.807) is 94.1 Å². The highest BCUT2D eigenvalue weighted by Crippen LogP contribution is 2.69. The van der Waals surface area contributed by atoms with Gasteiger partial charge in [0, 0.05) is 21.0 Å². The van der Waals surface area contributed by atoms with Gasteiger partial charge in [-0.2, -0.15) is 0 Å². The molecule has 0 saturated carbocycles. The Labute approximate surface area is 186 Å². The summed E-state index contributed by atoms with van der Waals surface area (Å²) in [6, 6.07) is 0. The molecule has 12 heteroatoms. The van der Waals surface area contributed by atoms with Crippen molar-refractivity contribution in [1.29, 1.82) is 0 Å². The molecule has 4 aliphatic rings. The van der Waals surface area contributed by atoms with Crippen molar-refractivity contribution in [1.82, 2.24) is 0 Å². The molecule has 4 heterocycles. The lowest BCUT2D eigenvalue weighted by atomic mass is 10.3. The Kier molecular flexibility index (Phi) is 7.58. The molecule has 0 bridgehead atoms. The van der Waals surface area contributed by atoms with Crippen LogP contribution >= 0.6 is 94.1 Å². The van der Waals surface area contributed by atoms with E-state index in [4.69, 9.17) is 0 Å². The first-order chi connectivity index (χ1) is 12.7. The zero-order valence-corrected chi connectivity index (χ0v) is 19.7. The summed E-state index contributed by atoms with van der Waals surface area (Å²) in [5, 5.41) is 38.4. The Morgan fingerprint density at radius 1 is 0.423 bits per heavy atom. The normalized spacial score (nSPS) is 34.6. The number of aliphatic hydroxyl groups excluding tert-OH is 4. The third-order valence-electron chi connectivity index (χ3n) is 3.82. The first-order valence-corrected chi connectivity index (χ1v) is 14.5. The fourth-order valence-electron chi connectivity index (χ4n) is 2.47. The molecule has 4 aliphatic heterocycles. The first-order valence-electron chi connectivity index (χ1n) is 7.71. The lowest BCUT2D eigenvalue weighted by Gasteiger charge is -2.27. The van der Waals surface area contributed by atoms with E-state index in [2.05, 4.69) is 0 Å². The van der Waals surface area contributed by atoms with Gasteiger partial charge >= 0.3 is 0 Å². The number of rotatable bonds is 4. The number of thioether (sulfide) groups is 8. The molecule has 0 aromatic carbocycles.